The third-order valence-corrected chi connectivity index (χ3v) is 5.61. The molecule has 0 bridgehead atoms. The number of aryl methyl sites for hydroxylation is 3. The topological polar surface area (TPSA) is 108 Å². The monoisotopic (exact) mass is 483 g/mol. The molecular formula is C27H37N3O5. The fourth-order valence-electron chi connectivity index (χ4n) is 3.62. The van der Waals surface area contributed by atoms with Crippen LogP contribution in [0.25, 0.3) is 0 Å². The fourth-order valence-corrected chi connectivity index (χ4v) is 3.62. The van der Waals surface area contributed by atoms with Crippen LogP contribution in [0.15, 0.2) is 42.5 Å². The van der Waals surface area contributed by atoms with E-state index in [9.17, 15) is 19.5 Å². The fraction of sp³-hybridized carbons (Fsp3) is 0.444. The molecule has 0 spiro atoms. The van der Waals surface area contributed by atoms with Crippen molar-refractivity contribution in [3.63, 3.8) is 0 Å². The van der Waals surface area contributed by atoms with E-state index in [1.165, 1.54) is 4.90 Å². The normalized spacial score (nSPS) is 12.9. The maximum Gasteiger partial charge on any atom is 0.408 e. The predicted octanol–water partition coefficient (Wildman–Crippen LogP) is 4.03. The molecule has 0 aliphatic carbocycles. The van der Waals surface area contributed by atoms with Crippen molar-refractivity contribution in [2.24, 2.45) is 0 Å². The Morgan fingerprint density at radius 1 is 1.00 bits per heavy atom. The number of carbonyl (C=O) groups is 3. The number of benzene rings is 2. The Labute approximate surface area is 207 Å². The molecule has 8 nitrogen and oxygen atoms in total. The van der Waals surface area contributed by atoms with Crippen molar-refractivity contribution < 1.29 is 24.2 Å². The number of amides is 3. The lowest BCUT2D eigenvalue weighted by Crippen LogP contribution is -2.53. The quantitative estimate of drug-likeness (QED) is 0.526. The summed E-state index contributed by atoms with van der Waals surface area (Å²) in [7, 11) is 0. The average molecular weight is 484 g/mol. The molecule has 0 radical (unpaired) electrons. The number of anilines is 1. The second-order valence-corrected chi connectivity index (χ2v) is 9.56. The summed E-state index contributed by atoms with van der Waals surface area (Å²) in [5.41, 5.74) is 3.41. The lowest BCUT2D eigenvalue weighted by Gasteiger charge is -2.33. The van der Waals surface area contributed by atoms with Crippen LogP contribution in [0.5, 0.6) is 0 Å². The first-order valence-corrected chi connectivity index (χ1v) is 11.7. The number of nitrogens with one attached hydrogen (secondary N) is 2. The van der Waals surface area contributed by atoms with Crippen LogP contribution in [0.3, 0.4) is 0 Å². The summed E-state index contributed by atoms with van der Waals surface area (Å²) in [6, 6.07) is 10.7. The van der Waals surface area contributed by atoms with Gasteiger partial charge in [0, 0.05) is 12.2 Å². The highest BCUT2D eigenvalue weighted by molar-refractivity contribution is 5.99. The number of hydrogen-bond donors (Lipinski definition) is 3. The third-order valence-electron chi connectivity index (χ3n) is 5.61. The number of carbonyl (C=O) groups excluding carboxylic acids is 3. The molecule has 2 rings (SSSR count). The molecule has 2 unspecified atom stereocenters. The molecule has 190 valence electrons. The van der Waals surface area contributed by atoms with Crippen LogP contribution in [0.4, 0.5) is 10.5 Å². The first kappa shape index (κ1) is 27.9. The lowest BCUT2D eigenvalue weighted by molar-refractivity contribution is -0.141. The Bertz CT molecular complexity index is 1060. The van der Waals surface area contributed by atoms with Crippen LogP contribution < -0.4 is 10.6 Å². The van der Waals surface area contributed by atoms with Crippen molar-refractivity contribution in [2.45, 2.75) is 66.2 Å². The van der Waals surface area contributed by atoms with Gasteiger partial charge in [-0.05, 0) is 76.8 Å². The standard InChI is InChI=1S/C27H37N3O5/c1-8-30(25(33)22(16-31)29-26(34)35-27(5,6)7)23(20-14-13-17(2)19(4)15-20)24(32)28-21-12-10-9-11-18(21)3/h9-15,22-23,31H,8,16H2,1-7H3,(H,28,32)(H,29,34). The van der Waals surface area contributed by atoms with Crippen LogP contribution in [-0.2, 0) is 14.3 Å². The van der Waals surface area contributed by atoms with Crippen LogP contribution in [-0.4, -0.2) is 52.7 Å². The Morgan fingerprint density at radius 3 is 2.20 bits per heavy atom. The van der Waals surface area contributed by atoms with Gasteiger partial charge < -0.3 is 25.4 Å². The highest BCUT2D eigenvalue weighted by Crippen LogP contribution is 2.27. The van der Waals surface area contributed by atoms with Crippen LogP contribution in [0.2, 0.25) is 0 Å². The van der Waals surface area contributed by atoms with Crippen LogP contribution >= 0.6 is 0 Å². The summed E-state index contributed by atoms with van der Waals surface area (Å²) < 4.78 is 5.24. The van der Waals surface area contributed by atoms with Crippen molar-refractivity contribution in [3.05, 3.63) is 64.7 Å². The van der Waals surface area contributed by atoms with E-state index in [-0.39, 0.29) is 6.54 Å². The van der Waals surface area contributed by atoms with Gasteiger partial charge in [-0.15, -0.1) is 0 Å². The Hall–Kier alpha value is -3.39. The smallest absolute Gasteiger partial charge is 0.408 e. The molecule has 2 atom stereocenters. The van der Waals surface area contributed by atoms with Crippen molar-refractivity contribution in [1.29, 1.82) is 0 Å². The molecule has 2 aromatic rings. The zero-order chi connectivity index (χ0) is 26.3. The van der Waals surface area contributed by atoms with E-state index >= 15 is 0 Å². The highest BCUT2D eigenvalue weighted by atomic mass is 16.6. The first-order valence-electron chi connectivity index (χ1n) is 11.7. The van der Waals surface area contributed by atoms with Crippen molar-refractivity contribution >= 4 is 23.6 Å². The van der Waals surface area contributed by atoms with E-state index in [1.807, 2.05) is 57.2 Å². The number of rotatable bonds is 8. The van der Waals surface area contributed by atoms with Gasteiger partial charge in [-0.3, -0.25) is 9.59 Å². The Kier molecular flexibility index (Phi) is 9.42. The first-order chi connectivity index (χ1) is 16.4. The number of nitrogens with zero attached hydrogens (tertiary/aromatic N) is 1. The van der Waals surface area contributed by atoms with Gasteiger partial charge in [-0.2, -0.15) is 0 Å². The number of aliphatic hydroxyl groups is 1. The van der Waals surface area contributed by atoms with Crippen LogP contribution in [0.1, 0.15) is 56.0 Å². The molecular weight excluding hydrogens is 446 g/mol. The molecule has 35 heavy (non-hydrogen) atoms. The molecule has 0 heterocycles. The number of aliphatic hydroxyl groups excluding tert-OH is 1. The molecule has 0 aliphatic heterocycles. The molecule has 8 heteroatoms. The predicted molar refractivity (Wildman–Crippen MR) is 136 cm³/mol. The molecule has 0 aliphatic rings. The summed E-state index contributed by atoms with van der Waals surface area (Å²) >= 11 is 0. The lowest BCUT2D eigenvalue weighted by atomic mass is 9.98. The SMILES string of the molecule is CCN(C(=O)C(CO)NC(=O)OC(C)(C)C)C(C(=O)Nc1ccccc1C)c1ccc(C)c(C)c1. The number of hydrogen-bond acceptors (Lipinski definition) is 5. The molecule has 0 fully saturated rings. The summed E-state index contributed by atoms with van der Waals surface area (Å²) in [5, 5.41) is 15.3. The van der Waals surface area contributed by atoms with E-state index in [0.717, 1.165) is 16.7 Å². The van der Waals surface area contributed by atoms with E-state index in [0.29, 0.717) is 11.3 Å². The second-order valence-electron chi connectivity index (χ2n) is 9.56. The van der Waals surface area contributed by atoms with Gasteiger partial charge in [0.1, 0.15) is 17.7 Å². The van der Waals surface area contributed by atoms with Crippen molar-refractivity contribution in [3.8, 4) is 0 Å². The minimum absolute atomic E-state index is 0.171. The van der Waals surface area contributed by atoms with Gasteiger partial charge in [0.15, 0.2) is 0 Å². The van der Waals surface area contributed by atoms with Gasteiger partial charge in [-0.1, -0.05) is 36.4 Å². The van der Waals surface area contributed by atoms with E-state index in [4.69, 9.17) is 4.74 Å². The van der Waals surface area contributed by atoms with E-state index < -0.39 is 42.2 Å². The van der Waals surface area contributed by atoms with Gasteiger partial charge in [0.25, 0.3) is 5.91 Å². The van der Waals surface area contributed by atoms with E-state index in [2.05, 4.69) is 10.6 Å². The summed E-state index contributed by atoms with van der Waals surface area (Å²) in [6.07, 6.45) is -0.826. The zero-order valence-corrected chi connectivity index (χ0v) is 21.6. The van der Waals surface area contributed by atoms with E-state index in [1.54, 1.807) is 33.8 Å². The molecule has 0 saturated carbocycles. The maximum atomic E-state index is 13.6. The minimum Gasteiger partial charge on any atom is -0.444 e. The minimum atomic E-state index is -1.27. The Balaban J connectivity index is 2.43. The van der Waals surface area contributed by atoms with Crippen LogP contribution in [0, 0.1) is 20.8 Å². The van der Waals surface area contributed by atoms with Gasteiger partial charge in [0.2, 0.25) is 5.91 Å². The second kappa shape index (κ2) is 11.8. The summed E-state index contributed by atoms with van der Waals surface area (Å²) in [6.45, 7) is 12.2. The van der Waals surface area contributed by atoms with Gasteiger partial charge in [0.05, 0.1) is 6.61 Å². The highest BCUT2D eigenvalue weighted by Gasteiger charge is 2.35. The third kappa shape index (κ3) is 7.55. The van der Waals surface area contributed by atoms with Gasteiger partial charge in [-0.25, -0.2) is 4.79 Å². The number of alkyl carbamates (subject to hydrolysis) is 1. The average Bonchev–Trinajstić information content (AvgIpc) is 2.77. The number of para-hydroxylation sites is 1. The number of ether oxygens (including phenoxy) is 1. The Morgan fingerprint density at radius 2 is 1.66 bits per heavy atom. The largest absolute Gasteiger partial charge is 0.444 e. The summed E-state index contributed by atoms with van der Waals surface area (Å²) in [4.78, 5) is 40.8. The van der Waals surface area contributed by atoms with Crippen molar-refractivity contribution in [2.75, 3.05) is 18.5 Å². The zero-order valence-electron chi connectivity index (χ0n) is 21.6. The molecule has 2 aromatic carbocycles. The molecule has 3 amide bonds. The summed E-state index contributed by atoms with van der Waals surface area (Å²) in [5.74, 6) is -0.990. The molecule has 0 aromatic heterocycles. The molecule has 0 saturated heterocycles. The number of likely N-dealkylation sites (N-methyl/N-ethyl adjacent to an activating group) is 1. The van der Waals surface area contributed by atoms with Gasteiger partial charge >= 0.3 is 6.09 Å². The molecule has 3 N–H and O–H groups in total. The maximum absolute atomic E-state index is 13.6. The van der Waals surface area contributed by atoms with Crippen molar-refractivity contribution in [1.82, 2.24) is 10.2 Å².